The fraction of sp³-hybridized carbons (Fsp3) is 1.00. The maximum atomic E-state index is 2.63. The van der Waals surface area contributed by atoms with Gasteiger partial charge in [0.2, 0.25) is 0 Å². The van der Waals surface area contributed by atoms with Crippen molar-refractivity contribution in [3.8, 4) is 0 Å². The van der Waals surface area contributed by atoms with Crippen LogP contribution in [0, 0.1) is 41.4 Å². The molecule has 0 bridgehead atoms. The van der Waals surface area contributed by atoms with Crippen molar-refractivity contribution in [3.05, 3.63) is 0 Å². The van der Waals surface area contributed by atoms with Gasteiger partial charge in [-0.1, -0.05) is 105 Å². The van der Waals surface area contributed by atoms with Crippen LogP contribution in [-0.2, 0) is 0 Å². The fourth-order valence-corrected chi connectivity index (χ4v) is 6.23. The summed E-state index contributed by atoms with van der Waals surface area (Å²) in [5.41, 5.74) is 0. The molecule has 1 aliphatic carbocycles. The van der Waals surface area contributed by atoms with E-state index in [1.54, 1.807) is 0 Å². The highest BCUT2D eigenvalue weighted by atomic mass is 15.2. The molecule has 3 saturated heterocycles. The van der Waals surface area contributed by atoms with Crippen molar-refractivity contribution in [1.82, 2.24) is 29.4 Å². The molecule has 3 aliphatic heterocycles. The number of likely N-dealkylation sites (N-methyl/N-ethyl adjacent to an activating group) is 2. The smallest absolute Gasteiger partial charge is 0.0110 e. The van der Waals surface area contributed by atoms with Crippen LogP contribution in [0.5, 0.6) is 0 Å². The Bertz CT molecular complexity index is 716. The number of piperazine rings is 2. The lowest BCUT2D eigenvalue weighted by molar-refractivity contribution is 0.129. The van der Waals surface area contributed by atoms with Gasteiger partial charge in [0.1, 0.15) is 0 Å². The summed E-state index contributed by atoms with van der Waals surface area (Å²) >= 11 is 0. The second kappa shape index (κ2) is 34.0. The van der Waals surface area contributed by atoms with Crippen molar-refractivity contribution in [1.29, 1.82) is 0 Å². The zero-order valence-electron chi connectivity index (χ0n) is 35.3. The highest BCUT2D eigenvalue weighted by molar-refractivity contribution is 4.76. The Balaban J connectivity index is -0.000000288. The Hall–Kier alpha value is -0.240. The first kappa shape index (κ1) is 58.5. The van der Waals surface area contributed by atoms with E-state index >= 15 is 0 Å². The fourth-order valence-electron chi connectivity index (χ4n) is 6.23. The van der Waals surface area contributed by atoms with E-state index in [0.29, 0.717) is 0 Å². The lowest BCUT2D eigenvalue weighted by atomic mass is 9.96. The topological polar surface area (TPSA) is 19.4 Å². The lowest BCUT2D eigenvalue weighted by Gasteiger charge is -2.34. The average Bonchev–Trinajstić information content (AvgIpc) is 3.86. The molecule has 0 aromatic rings. The van der Waals surface area contributed by atoms with Crippen molar-refractivity contribution < 1.29 is 0 Å². The van der Waals surface area contributed by atoms with Crippen LogP contribution in [0.4, 0.5) is 0 Å². The van der Waals surface area contributed by atoms with Crippen LogP contribution in [-0.4, -0.2) is 149 Å². The minimum absolute atomic E-state index is 0. The zero-order valence-corrected chi connectivity index (χ0v) is 35.3. The van der Waals surface area contributed by atoms with Gasteiger partial charge in [0.05, 0.1) is 0 Å². The van der Waals surface area contributed by atoms with Gasteiger partial charge in [-0.05, 0) is 127 Å². The maximum absolute atomic E-state index is 2.63. The second-order valence-electron chi connectivity index (χ2n) is 18.1. The normalized spacial score (nSPS) is 20.2. The molecular weight excluding hydrogens is 637 g/mol. The third kappa shape index (κ3) is 32.0. The van der Waals surface area contributed by atoms with Gasteiger partial charge in [-0.25, -0.2) is 0 Å². The molecule has 0 aromatic carbocycles. The molecule has 6 heteroatoms. The molecular formula is C46H106N6. The number of rotatable bonds is 14. The molecule has 0 radical (unpaired) electrons. The molecule has 4 fully saturated rings. The summed E-state index contributed by atoms with van der Waals surface area (Å²) in [4.78, 5) is 15.1. The van der Waals surface area contributed by atoms with E-state index in [2.05, 4.69) is 120 Å². The van der Waals surface area contributed by atoms with Gasteiger partial charge in [-0.2, -0.15) is 0 Å². The van der Waals surface area contributed by atoms with Crippen LogP contribution in [0.2, 0.25) is 0 Å². The Labute approximate surface area is 333 Å². The lowest BCUT2D eigenvalue weighted by Crippen LogP contribution is -2.46. The van der Waals surface area contributed by atoms with Crippen LogP contribution in [0.15, 0.2) is 0 Å². The molecule has 4 aliphatic rings. The van der Waals surface area contributed by atoms with E-state index in [0.717, 1.165) is 41.4 Å². The summed E-state index contributed by atoms with van der Waals surface area (Å²) in [5, 5.41) is 0. The Morgan fingerprint density at radius 3 is 1.25 bits per heavy atom. The van der Waals surface area contributed by atoms with Crippen LogP contribution >= 0.6 is 0 Å². The Morgan fingerprint density at radius 1 is 0.500 bits per heavy atom. The van der Waals surface area contributed by atoms with Gasteiger partial charge in [0.15, 0.2) is 0 Å². The minimum atomic E-state index is 0. The van der Waals surface area contributed by atoms with Gasteiger partial charge in [0.25, 0.3) is 0 Å². The summed E-state index contributed by atoms with van der Waals surface area (Å²) in [5.74, 6) is 6.12. The molecule has 2 atom stereocenters. The van der Waals surface area contributed by atoms with Crippen LogP contribution in [0.25, 0.3) is 0 Å². The molecule has 0 amide bonds. The molecule has 3 heterocycles. The largest absolute Gasteiger partial charge is 0.306 e. The molecule has 2 unspecified atom stereocenters. The van der Waals surface area contributed by atoms with Crippen LogP contribution in [0.3, 0.4) is 0 Å². The van der Waals surface area contributed by atoms with E-state index < -0.39 is 0 Å². The first-order valence-corrected chi connectivity index (χ1v) is 20.9. The molecule has 52 heavy (non-hydrogen) atoms. The molecule has 0 N–H and O–H groups in total. The number of hydrogen-bond donors (Lipinski definition) is 0. The maximum Gasteiger partial charge on any atom is 0.0110 e. The number of hydrogen-bond acceptors (Lipinski definition) is 6. The van der Waals surface area contributed by atoms with E-state index in [1.165, 1.54) is 143 Å². The SMILES string of the molecule is C.C.C.C.CC(C)C(C)CN1CCCCC1.CC(C)C(C)CN1CCN(C)CC1.CC(C)CCN(C)CC1CC1.CC(C)CCN1CCN(C)CC1. The highest BCUT2D eigenvalue weighted by Crippen LogP contribution is 2.29. The number of likely N-dealkylation sites (tertiary alicyclic amines) is 1. The minimum Gasteiger partial charge on any atom is -0.306 e. The van der Waals surface area contributed by atoms with E-state index in [9.17, 15) is 0 Å². The third-order valence-electron chi connectivity index (χ3n) is 11.4. The monoisotopic (exact) mass is 743 g/mol. The quantitative estimate of drug-likeness (QED) is 0.175. The summed E-state index contributed by atoms with van der Waals surface area (Å²) in [6.45, 7) is 42.5. The predicted octanol–water partition coefficient (Wildman–Crippen LogP) is 10.5. The standard InChI is InChI=1S/C11H24N2.C11H23N.C10H22N2.C10H21N.4CH4/c1-10(2)11(3)9-13-7-5-12(4)6-8-13;1-10(2)11(3)9-12-7-5-4-6-8-12;1-10(2)4-5-12-8-6-11(3)7-9-12;1-9(2)6-7-11(3)8-10-4-5-10;;;;/h10-11H,5-9H2,1-4H3;10-11H,4-9H2,1-3H3;10H,4-9H2,1-3H3;9-10H,4-8H2,1-3H3;4*1H4. The van der Waals surface area contributed by atoms with Gasteiger partial charge < -0.3 is 29.4 Å². The molecule has 1 saturated carbocycles. The molecule has 0 aromatic heterocycles. The molecule has 6 nitrogen and oxygen atoms in total. The first-order valence-electron chi connectivity index (χ1n) is 20.9. The molecule has 320 valence electrons. The van der Waals surface area contributed by atoms with Crippen LogP contribution < -0.4 is 0 Å². The van der Waals surface area contributed by atoms with Gasteiger partial charge >= 0.3 is 0 Å². The zero-order chi connectivity index (χ0) is 36.1. The Morgan fingerprint density at radius 2 is 0.885 bits per heavy atom. The highest BCUT2D eigenvalue weighted by Gasteiger charge is 2.22. The van der Waals surface area contributed by atoms with E-state index in [-0.39, 0.29) is 29.7 Å². The first-order chi connectivity index (χ1) is 22.7. The summed E-state index contributed by atoms with van der Waals surface area (Å²) < 4.78 is 0. The van der Waals surface area contributed by atoms with E-state index in [1.807, 2.05) is 0 Å². The second-order valence-corrected chi connectivity index (χ2v) is 18.1. The van der Waals surface area contributed by atoms with Gasteiger partial charge in [0, 0.05) is 72.0 Å². The Kier molecular flexibility index (Phi) is 38.3. The van der Waals surface area contributed by atoms with Gasteiger partial charge in [-0.15, -0.1) is 0 Å². The van der Waals surface area contributed by atoms with Crippen molar-refractivity contribution in [2.75, 3.05) is 119 Å². The van der Waals surface area contributed by atoms with Crippen molar-refractivity contribution >= 4 is 0 Å². The van der Waals surface area contributed by atoms with Crippen molar-refractivity contribution in [2.24, 2.45) is 41.4 Å². The van der Waals surface area contributed by atoms with E-state index in [4.69, 9.17) is 0 Å². The molecule has 4 rings (SSSR count). The van der Waals surface area contributed by atoms with Crippen LogP contribution in [0.1, 0.15) is 144 Å². The van der Waals surface area contributed by atoms with Crippen molar-refractivity contribution in [3.63, 3.8) is 0 Å². The summed E-state index contributed by atoms with van der Waals surface area (Å²) in [6, 6.07) is 0. The third-order valence-corrected chi connectivity index (χ3v) is 11.4. The van der Waals surface area contributed by atoms with Crippen molar-refractivity contribution in [2.45, 2.75) is 144 Å². The summed E-state index contributed by atoms with van der Waals surface area (Å²) in [6.07, 6.45) is 9.95. The summed E-state index contributed by atoms with van der Waals surface area (Å²) in [7, 11) is 6.67. The number of nitrogens with zero attached hydrogens (tertiary/aromatic N) is 6. The average molecular weight is 743 g/mol. The molecule has 0 spiro atoms. The number of piperidine rings is 1. The van der Waals surface area contributed by atoms with Gasteiger partial charge in [-0.3, -0.25) is 0 Å². The predicted molar refractivity (Wildman–Crippen MR) is 242 cm³/mol.